The van der Waals surface area contributed by atoms with Gasteiger partial charge < -0.3 is 10.6 Å². The second-order valence-electron chi connectivity index (χ2n) is 5.92. The molecule has 2 rings (SSSR count). The Morgan fingerprint density at radius 1 is 1.33 bits per heavy atom. The number of rotatable bonds is 7. The number of guanidine groups is 1. The van der Waals surface area contributed by atoms with Crippen molar-refractivity contribution in [3.8, 4) is 0 Å². The molecule has 7 heteroatoms. The van der Waals surface area contributed by atoms with E-state index in [-0.39, 0.29) is 24.0 Å². The molecule has 0 saturated carbocycles. The summed E-state index contributed by atoms with van der Waals surface area (Å²) in [7, 11) is 1.82. The van der Waals surface area contributed by atoms with Crippen LogP contribution < -0.4 is 10.6 Å². The fraction of sp³-hybridized carbons (Fsp3) is 0.647. The molecule has 1 fully saturated rings. The molecular weight excluding hydrogens is 437 g/mol. The Labute approximate surface area is 167 Å². The Balaban J connectivity index is 0.00000288. The summed E-state index contributed by atoms with van der Waals surface area (Å²) in [6.07, 6.45) is 6.55. The van der Waals surface area contributed by atoms with Crippen molar-refractivity contribution >= 4 is 41.5 Å². The van der Waals surface area contributed by atoms with Crippen LogP contribution in [0.5, 0.6) is 0 Å². The molecule has 0 spiro atoms. The van der Waals surface area contributed by atoms with Gasteiger partial charge in [-0.1, -0.05) is 24.6 Å². The molecule has 5 nitrogen and oxygen atoms in total. The summed E-state index contributed by atoms with van der Waals surface area (Å²) in [5, 5.41) is 7.35. The number of hydrogen-bond acceptors (Lipinski definition) is 3. The molecular formula is C17H29ClIN5. The Kier molecular flexibility index (Phi) is 10.6. The highest BCUT2D eigenvalue weighted by Gasteiger charge is 2.20. The molecule has 0 radical (unpaired) electrons. The van der Waals surface area contributed by atoms with Gasteiger partial charge in [0.05, 0.1) is 0 Å². The highest BCUT2D eigenvalue weighted by molar-refractivity contribution is 14.0. The van der Waals surface area contributed by atoms with Crippen molar-refractivity contribution in [2.75, 3.05) is 33.2 Å². The normalized spacial score (nSPS) is 16.5. The van der Waals surface area contributed by atoms with Gasteiger partial charge in [-0.15, -0.1) is 24.0 Å². The zero-order valence-electron chi connectivity index (χ0n) is 14.6. The summed E-state index contributed by atoms with van der Waals surface area (Å²) in [6.45, 7) is 6.49. The second-order valence-corrected chi connectivity index (χ2v) is 6.31. The van der Waals surface area contributed by atoms with Crippen molar-refractivity contribution in [2.24, 2.45) is 4.99 Å². The van der Waals surface area contributed by atoms with Crippen LogP contribution in [0.15, 0.2) is 23.3 Å². The Morgan fingerprint density at radius 2 is 2.08 bits per heavy atom. The smallest absolute Gasteiger partial charge is 0.191 e. The first-order valence-corrected chi connectivity index (χ1v) is 8.89. The largest absolute Gasteiger partial charge is 0.356 e. The summed E-state index contributed by atoms with van der Waals surface area (Å²) in [5.74, 6) is 0.865. The summed E-state index contributed by atoms with van der Waals surface area (Å²) in [5.41, 5.74) is 1.17. The van der Waals surface area contributed by atoms with Gasteiger partial charge in [-0.2, -0.15) is 0 Å². The van der Waals surface area contributed by atoms with E-state index >= 15 is 0 Å². The number of hydrogen-bond donors (Lipinski definition) is 2. The maximum atomic E-state index is 5.80. The first-order valence-electron chi connectivity index (χ1n) is 8.52. The van der Waals surface area contributed by atoms with E-state index in [2.05, 4.69) is 32.4 Å². The fourth-order valence-corrected chi connectivity index (χ4v) is 3.06. The van der Waals surface area contributed by atoms with Gasteiger partial charge in [0.2, 0.25) is 0 Å². The third-order valence-corrected chi connectivity index (χ3v) is 4.58. The van der Waals surface area contributed by atoms with Crippen molar-refractivity contribution < 1.29 is 0 Å². The highest BCUT2D eigenvalue weighted by Crippen LogP contribution is 2.13. The van der Waals surface area contributed by atoms with Gasteiger partial charge in [0.25, 0.3) is 0 Å². The van der Waals surface area contributed by atoms with E-state index in [1.54, 1.807) is 0 Å². The number of nitrogens with zero attached hydrogens (tertiary/aromatic N) is 3. The summed E-state index contributed by atoms with van der Waals surface area (Å²) >= 11 is 5.80. The Morgan fingerprint density at radius 3 is 2.67 bits per heavy atom. The van der Waals surface area contributed by atoms with E-state index in [0.29, 0.717) is 11.2 Å². The average molecular weight is 466 g/mol. The zero-order chi connectivity index (χ0) is 16.5. The predicted molar refractivity (Wildman–Crippen MR) is 113 cm³/mol. The van der Waals surface area contributed by atoms with E-state index in [9.17, 15) is 0 Å². The SMILES string of the molecule is CCC(CNC(=NC)NCCc1ccc(Cl)nc1)N1CCCC1.I. The average Bonchev–Trinajstić information content (AvgIpc) is 3.10. The van der Waals surface area contributed by atoms with Gasteiger partial charge >= 0.3 is 0 Å². The number of likely N-dealkylation sites (tertiary alicyclic amines) is 1. The number of nitrogens with one attached hydrogen (secondary N) is 2. The molecule has 1 aliphatic heterocycles. The minimum atomic E-state index is 0. The quantitative estimate of drug-likeness (QED) is 0.281. The summed E-state index contributed by atoms with van der Waals surface area (Å²) < 4.78 is 0. The summed E-state index contributed by atoms with van der Waals surface area (Å²) in [4.78, 5) is 11.0. The van der Waals surface area contributed by atoms with E-state index < -0.39 is 0 Å². The lowest BCUT2D eigenvalue weighted by molar-refractivity contribution is 0.236. The number of aromatic nitrogens is 1. The molecule has 0 amide bonds. The first kappa shape index (κ1) is 21.4. The van der Waals surface area contributed by atoms with Crippen LogP contribution in [0.3, 0.4) is 0 Å². The molecule has 1 atom stereocenters. The van der Waals surface area contributed by atoms with Gasteiger partial charge in [-0.3, -0.25) is 9.89 Å². The second kappa shape index (κ2) is 11.9. The van der Waals surface area contributed by atoms with Gasteiger partial charge in [-0.05, 0) is 50.4 Å². The van der Waals surface area contributed by atoms with Crippen LogP contribution in [0, 0.1) is 0 Å². The molecule has 1 aliphatic rings. The molecule has 0 aromatic carbocycles. The zero-order valence-corrected chi connectivity index (χ0v) is 17.7. The van der Waals surface area contributed by atoms with Crippen molar-refractivity contribution in [2.45, 2.75) is 38.6 Å². The third kappa shape index (κ3) is 7.11. The van der Waals surface area contributed by atoms with Crippen LogP contribution in [-0.2, 0) is 6.42 Å². The minimum Gasteiger partial charge on any atom is -0.356 e. The molecule has 1 aromatic rings. The maximum Gasteiger partial charge on any atom is 0.191 e. The first-order chi connectivity index (χ1) is 11.2. The number of halogens is 2. The van der Waals surface area contributed by atoms with Gasteiger partial charge in [-0.25, -0.2) is 4.98 Å². The lowest BCUT2D eigenvalue weighted by atomic mass is 10.2. The van der Waals surface area contributed by atoms with Gasteiger partial charge in [0, 0.05) is 32.4 Å². The monoisotopic (exact) mass is 465 g/mol. The molecule has 1 saturated heterocycles. The number of pyridine rings is 1. The van der Waals surface area contributed by atoms with Crippen molar-refractivity contribution in [1.82, 2.24) is 20.5 Å². The van der Waals surface area contributed by atoms with E-state index in [0.717, 1.165) is 25.5 Å². The van der Waals surface area contributed by atoms with Crippen molar-refractivity contribution in [3.05, 3.63) is 29.0 Å². The fourth-order valence-electron chi connectivity index (χ4n) is 2.95. The molecule has 0 bridgehead atoms. The Hall–Kier alpha value is -0.600. The van der Waals surface area contributed by atoms with Crippen LogP contribution in [0.1, 0.15) is 31.7 Å². The van der Waals surface area contributed by atoms with Crippen LogP contribution in [0.25, 0.3) is 0 Å². The molecule has 136 valence electrons. The third-order valence-electron chi connectivity index (χ3n) is 4.35. The molecule has 24 heavy (non-hydrogen) atoms. The van der Waals surface area contributed by atoms with E-state index in [1.807, 2.05) is 25.4 Å². The predicted octanol–water partition coefficient (Wildman–Crippen LogP) is 2.93. The lowest BCUT2D eigenvalue weighted by Gasteiger charge is -2.27. The lowest BCUT2D eigenvalue weighted by Crippen LogP contribution is -2.46. The number of aliphatic imine (C=N–C) groups is 1. The Bertz CT molecular complexity index is 488. The van der Waals surface area contributed by atoms with E-state index in [1.165, 1.54) is 37.9 Å². The van der Waals surface area contributed by atoms with E-state index in [4.69, 9.17) is 11.6 Å². The van der Waals surface area contributed by atoms with Crippen LogP contribution in [0.4, 0.5) is 0 Å². The molecule has 2 N–H and O–H groups in total. The molecule has 2 heterocycles. The van der Waals surface area contributed by atoms with Crippen LogP contribution >= 0.6 is 35.6 Å². The summed E-state index contributed by atoms with van der Waals surface area (Å²) in [6, 6.07) is 4.43. The van der Waals surface area contributed by atoms with Crippen molar-refractivity contribution in [1.29, 1.82) is 0 Å². The standard InChI is InChI=1S/C17H28ClN5.HI/c1-3-15(23-10-4-5-11-23)13-22-17(19-2)20-9-8-14-6-7-16(18)21-12-14;/h6-7,12,15H,3-5,8-11,13H2,1-2H3,(H2,19,20,22);1H. The highest BCUT2D eigenvalue weighted by atomic mass is 127. The maximum absolute atomic E-state index is 5.80. The molecule has 0 aliphatic carbocycles. The minimum absolute atomic E-state index is 0. The topological polar surface area (TPSA) is 52.6 Å². The van der Waals surface area contributed by atoms with Crippen molar-refractivity contribution in [3.63, 3.8) is 0 Å². The van der Waals surface area contributed by atoms with Gasteiger partial charge in [0.1, 0.15) is 5.15 Å². The van der Waals surface area contributed by atoms with Gasteiger partial charge in [0.15, 0.2) is 5.96 Å². The molecule has 1 aromatic heterocycles. The molecule has 1 unspecified atom stereocenters. The van der Waals surface area contributed by atoms with Crippen LogP contribution in [0.2, 0.25) is 5.15 Å². The van der Waals surface area contributed by atoms with Crippen LogP contribution in [-0.4, -0.2) is 55.1 Å².